The summed E-state index contributed by atoms with van der Waals surface area (Å²) in [5, 5.41) is 18.6. The highest BCUT2D eigenvalue weighted by atomic mass is 16.3. The van der Waals surface area contributed by atoms with Gasteiger partial charge in [-0.1, -0.05) is 13.8 Å². The Labute approximate surface area is 160 Å². The number of nitriles is 2. The maximum Gasteiger partial charge on any atom is 0.305 e. The average Bonchev–Trinajstić information content (AvgIpc) is 3.36. The van der Waals surface area contributed by atoms with Crippen molar-refractivity contribution >= 4 is 11.8 Å². The van der Waals surface area contributed by atoms with Crippen LogP contribution in [-0.2, 0) is 10.2 Å². The van der Waals surface area contributed by atoms with Gasteiger partial charge in [-0.2, -0.15) is 10.5 Å². The molecule has 0 radical (unpaired) electrons. The van der Waals surface area contributed by atoms with Gasteiger partial charge in [0.15, 0.2) is 17.1 Å². The highest BCUT2D eigenvalue weighted by Crippen LogP contribution is 2.66. The van der Waals surface area contributed by atoms with E-state index in [4.69, 9.17) is 4.42 Å². The quantitative estimate of drug-likeness (QED) is 0.754. The fourth-order valence-corrected chi connectivity index (χ4v) is 4.61. The molecule has 2 aromatic heterocycles. The summed E-state index contributed by atoms with van der Waals surface area (Å²) in [5.74, 6) is -1.01. The molecule has 0 aromatic carbocycles. The van der Waals surface area contributed by atoms with Crippen LogP contribution in [0.2, 0.25) is 0 Å². The van der Waals surface area contributed by atoms with Gasteiger partial charge in [-0.25, -0.2) is 9.97 Å². The molecular weight excluding hydrogens is 360 g/mol. The lowest BCUT2D eigenvalue weighted by molar-refractivity contribution is -0.130. The summed E-state index contributed by atoms with van der Waals surface area (Å²) in [4.78, 5) is 34.1. The molecule has 2 unspecified atom stereocenters. The molecule has 2 amide bonds. The molecule has 1 fully saturated rings. The summed E-state index contributed by atoms with van der Waals surface area (Å²) in [6.07, 6.45) is 2.57. The Hall–Kier alpha value is -3.72. The van der Waals surface area contributed by atoms with Crippen LogP contribution in [0.1, 0.15) is 65.9 Å². The topological polar surface area (TPSA) is 145 Å². The van der Waals surface area contributed by atoms with Crippen LogP contribution in [0.25, 0.3) is 0 Å². The third-order valence-electron chi connectivity index (χ3n) is 6.07. The predicted molar refractivity (Wildman–Crippen MR) is 93.2 cm³/mol. The van der Waals surface area contributed by atoms with Crippen LogP contribution in [0, 0.1) is 28.1 Å². The molecule has 0 spiro atoms. The third-order valence-corrected chi connectivity index (χ3v) is 6.07. The lowest BCUT2D eigenvalue weighted by atomic mass is 9.68. The molecule has 2 N–H and O–H groups in total. The molecule has 4 rings (SSSR count). The fourth-order valence-electron chi connectivity index (χ4n) is 4.61. The zero-order valence-corrected chi connectivity index (χ0v) is 15.2. The molecule has 0 aliphatic heterocycles. The van der Waals surface area contributed by atoms with Crippen molar-refractivity contribution in [2.75, 3.05) is 0 Å². The Morgan fingerprint density at radius 1 is 1.21 bits per heavy atom. The van der Waals surface area contributed by atoms with Crippen LogP contribution in [0.5, 0.6) is 0 Å². The second-order valence-corrected chi connectivity index (χ2v) is 7.48. The van der Waals surface area contributed by atoms with E-state index in [9.17, 15) is 20.1 Å². The summed E-state index contributed by atoms with van der Waals surface area (Å²) >= 11 is 0. The third kappa shape index (κ3) is 2.10. The van der Waals surface area contributed by atoms with Crippen LogP contribution < -0.4 is 10.9 Å². The summed E-state index contributed by atoms with van der Waals surface area (Å²) in [7, 11) is 0. The van der Waals surface area contributed by atoms with Crippen molar-refractivity contribution in [1.82, 2.24) is 20.8 Å². The molecule has 0 saturated heterocycles. The van der Waals surface area contributed by atoms with Gasteiger partial charge in [-0.15, -0.1) is 0 Å². The van der Waals surface area contributed by atoms with Crippen LogP contribution >= 0.6 is 0 Å². The standard InChI is InChI=1S/C19H16N6O3/c1-18(2)10-5-6-19(18,15-14(10)22-11(8-20)12(9-21)23-15)17(27)25-24-16(26)13-4-3-7-28-13/h3-4,7,10H,5-6H2,1-2H3,(H,24,26)(H,25,27). The summed E-state index contributed by atoms with van der Waals surface area (Å²) in [6, 6.07) is 6.82. The maximum atomic E-state index is 13.3. The number of fused-ring (bicyclic) bond motifs is 5. The van der Waals surface area contributed by atoms with Crippen LogP contribution in [0.3, 0.4) is 0 Å². The van der Waals surface area contributed by atoms with E-state index >= 15 is 0 Å². The average molecular weight is 376 g/mol. The van der Waals surface area contributed by atoms with Crippen molar-refractivity contribution in [3.8, 4) is 12.1 Å². The minimum atomic E-state index is -1.06. The zero-order chi connectivity index (χ0) is 20.1. The summed E-state index contributed by atoms with van der Waals surface area (Å²) < 4.78 is 5.01. The number of hydrogen-bond acceptors (Lipinski definition) is 7. The van der Waals surface area contributed by atoms with Crippen molar-refractivity contribution in [2.45, 2.75) is 38.0 Å². The number of nitrogens with zero attached hydrogens (tertiary/aromatic N) is 4. The van der Waals surface area contributed by atoms with Gasteiger partial charge in [0, 0.05) is 5.92 Å². The number of aromatic nitrogens is 2. The number of carbonyl (C=O) groups is 2. The smallest absolute Gasteiger partial charge is 0.305 e. The molecule has 28 heavy (non-hydrogen) atoms. The zero-order valence-electron chi connectivity index (χ0n) is 15.2. The summed E-state index contributed by atoms with van der Waals surface area (Å²) in [5.41, 5.74) is 4.09. The molecule has 2 heterocycles. The first-order chi connectivity index (χ1) is 13.4. The van der Waals surface area contributed by atoms with Crippen molar-refractivity contribution in [3.63, 3.8) is 0 Å². The van der Waals surface area contributed by atoms with E-state index in [1.165, 1.54) is 12.3 Å². The van der Waals surface area contributed by atoms with Gasteiger partial charge >= 0.3 is 5.91 Å². The normalized spacial score (nSPS) is 23.4. The minimum absolute atomic E-state index is 0.0359. The first-order valence-electron chi connectivity index (χ1n) is 8.73. The number of nitrogens with one attached hydrogen (secondary N) is 2. The minimum Gasteiger partial charge on any atom is -0.459 e. The monoisotopic (exact) mass is 376 g/mol. The van der Waals surface area contributed by atoms with Crippen LogP contribution in [0.4, 0.5) is 0 Å². The molecule has 140 valence electrons. The molecule has 2 aliphatic rings. The molecule has 2 aliphatic carbocycles. The molecule has 2 bridgehead atoms. The molecule has 2 aromatic rings. The Morgan fingerprint density at radius 3 is 2.57 bits per heavy atom. The van der Waals surface area contributed by atoms with Crippen molar-refractivity contribution in [3.05, 3.63) is 46.9 Å². The Kier molecular flexibility index (Phi) is 3.72. The van der Waals surface area contributed by atoms with E-state index < -0.39 is 22.6 Å². The second kappa shape index (κ2) is 5.89. The fraction of sp³-hybridized carbons (Fsp3) is 0.368. The van der Waals surface area contributed by atoms with Crippen molar-refractivity contribution in [2.24, 2.45) is 5.41 Å². The highest BCUT2D eigenvalue weighted by Gasteiger charge is 2.68. The molecule has 9 heteroatoms. The van der Waals surface area contributed by atoms with E-state index in [2.05, 4.69) is 20.8 Å². The largest absolute Gasteiger partial charge is 0.459 e. The van der Waals surface area contributed by atoms with E-state index in [0.717, 1.165) is 0 Å². The molecule has 2 atom stereocenters. The SMILES string of the molecule is CC1(C)C2CCC1(C(=O)NNC(=O)c1ccco1)c1nc(C#N)c(C#N)nc12. The van der Waals surface area contributed by atoms with Gasteiger partial charge in [0.2, 0.25) is 0 Å². The molecular formula is C19H16N6O3. The van der Waals surface area contributed by atoms with Crippen molar-refractivity contribution in [1.29, 1.82) is 10.5 Å². The molecule has 1 saturated carbocycles. The Bertz CT molecular complexity index is 1080. The van der Waals surface area contributed by atoms with Gasteiger partial charge in [0.1, 0.15) is 17.6 Å². The van der Waals surface area contributed by atoms with Crippen LogP contribution in [-0.4, -0.2) is 21.8 Å². The maximum absolute atomic E-state index is 13.3. The number of carbonyl (C=O) groups excluding carboxylic acids is 2. The Balaban J connectivity index is 1.72. The molecule has 9 nitrogen and oxygen atoms in total. The van der Waals surface area contributed by atoms with Crippen LogP contribution in [0.15, 0.2) is 22.8 Å². The predicted octanol–water partition coefficient (Wildman–Crippen LogP) is 1.43. The van der Waals surface area contributed by atoms with E-state index in [1.54, 1.807) is 6.07 Å². The van der Waals surface area contributed by atoms with E-state index in [-0.39, 0.29) is 23.1 Å². The van der Waals surface area contributed by atoms with Gasteiger partial charge in [-0.3, -0.25) is 20.4 Å². The number of hydrogen-bond donors (Lipinski definition) is 2. The number of furan rings is 1. The van der Waals surface area contributed by atoms with Crippen molar-refractivity contribution < 1.29 is 14.0 Å². The first-order valence-corrected chi connectivity index (χ1v) is 8.73. The summed E-state index contributed by atoms with van der Waals surface area (Å²) in [6.45, 7) is 3.89. The second-order valence-electron chi connectivity index (χ2n) is 7.48. The lowest BCUT2D eigenvalue weighted by Crippen LogP contribution is -2.55. The van der Waals surface area contributed by atoms with Gasteiger partial charge in [-0.05, 0) is 30.4 Å². The van der Waals surface area contributed by atoms with E-state index in [1.807, 2.05) is 26.0 Å². The van der Waals surface area contributed by atoms with E-state index in [0.29, 0.717) is 24.2 Å². The van der Waals surface area contributed by atoms with Gasteiger partial charge in [0.05, 0.1) is 17.7 Å². The number of rotatable bonds is 2. The highest BCUT2D eigenvalue weighted by molar-refractivity contribution is 5.96. The first kappa shape index (κ1) is 17.7. The lowest BCUT2D eigenvalue weighted by Gasteiger charge is -2.36. The number of hydrazine groups is 1. The van der Waals surface area contributed by atoms with Gasteiger partial charge in [0.25, 0.3) is 5.91 Å². The Morgan fingerprint density at radius 2 is 1.93 bits per heavy atom. The number of amides is 2. The van der Waals surface area contributed by atoms with Gasteiger partial charge < -0.3 is 4.42 Å².